The first kappa shape index (κ1) is 29.7. The quantitative estimate of drug-likeness (QED) is 0.491. The number of aliphatic hydroxyl groups is 1. The SMILES string of the molecule is C=C(F)C(=O)N1CCN(c2nc(OC[C@@H]3[C@@H](O)CCN3C)nc3c2CC[C@@]2(CCc4c(Cl)cccc42)C3F)C[C@@H]1CC#N. The largest absolute Gasteiger partial charge is 0.462 e. The normalized spacial score (nSPS) is 28.5. The molecule has 1 aromatic carbocycles. The topological polar surface area (TPSA) is 106 Å². The zero-order valence-electron chi connectivity index (χ0n) is 24.1. The Labute approximate surface area is 254 Å². The molecule has 0 bridgehead atoms. The second-order valence-corrected chi connectivity index (χ2v) is 12.5. The summed E-state index contributed by atoms with van der Waals surface area (Å²) in [6.07, 6.45) is 0.991. The van der Waals surface area contributed by atoms with Crippen molar-refractivity contribution in [3.63, 3.8) is 0 Å². The Bertz CT molecular complexity index is 1480. The summed E-state index contributed by atoms with van der Waals surface area (Å²) in [6, 6.07) is 6.92. The van der Waals surface area contributed by atoms with Crippen LogP contribution >= 0.6 is 11.6 Å². The number of piperazine rings is 1. The summed E-state index contributed by atoms with van der Waals surface area (Å²) in [5.41, 5.74) is 2.07. The number of carbonyl (C=O) groups excluding carboxylic acids is 1. The van der Waals surface area contributed by atoms with Crippen molar-refractivity contribution in [3.05, 3.63) is 58.0 Å². The molecule has 2 fully saturated rings. The number of rotatable bonds is 6. The molecule has 1 amide bonds. The van der Waals surface area contributed by atoms with Gasteiger partial charge in [-0.2, -0.15) is 15.2 Å². The number of fused-ring (bicyclic) bond motifs is 3. The fraction of sp³-hybridized carbons (Fsp3) is 0.548. The average Bonchev–Trinajstić information content (AvgIpc) is 3.53. The second kappa shape index (κ2) is 11.6. The molecule has 4 aliphatic rings. The molecule has 9 nitrogen and oxygen atoms in total. The zero-order chi connectivity index (χ0) is 30.5. The summed E-state index contributed by atoms with van der Waals surface area (Å²) in [5, 5.41) is 20.6. The molecule has 0 radical (unpaired) electrons. The molecule has 2 aromatic rings. The van der Waals surface area contributed by atoms with Gasteiger partial charge in [-0.1, -0.05) is 30.3 Å². The molecule has 1 N–H and O–H groups in total. The van der Waals surface area contributed by atoms with Crippen molar-refractivity contribution in [2.24, 2.45) is 0 Å². The zero-order valence-corrected chi connectivity index (χ0v) is 24.9. The van der Waals surface area contributed by atoms with E-state index in [4.69, 9.17) is 21.3 Å². The first-order chi connectivity index (χ1) is 20.6. The third-order valence-corrected chi connectivity index (χ3v) is 10.1. The number of carbonyl (C=O) groups is 1. The third kappa shape index (κ3) is 5.13. The summed E-state index contributed by atoms with van der Waals surface area (Å²) in [4.78, 5) is 27.1. The molecule has 43 heavy (non-hydrogen) atoms. The highest BCUT2D eigenvalue weighted by Gasteiger charge is 2.51. The van der Waals surface area contributed by atoms with E-state index < -0.39 is 35.5 Å². The Hall–Kier alpha value is -3.33. The Kier molecular flexibility index (Phi) is 8.05. The number of nitrogens with zero attached hydrogens (tertiary/aromatic N) is 6. The monoisotopic (exact) mass is 612 g/mol. The first-order valence-electron chi connectivity index (χ1n) is 14.8. The highest BCUT2D eigenvalue weighted by molar-refractivity contribution is 6.31. The van der Waals surface area contributed by atoms with Gasteiger partial charge in [-0.15, -0.1) is 0 Å². The van der Waals surface area contributed by atoms with Crippen LogP contribution in [0.4, 0.5) is 14.6 Å². The molecule has 3 heterocycles. The van der Waals surface area contributed by atoms with Gasteiger partial charge in [0.05, 0.1) is 36.4 Å². The van der Waals surface area contributed by atoms with Crippen LogP contribution < -0.4 is 9.64 Å². The Balaban J connectivity index is 1.37. The minimum absolute atomic E-state index is 0.00948. The average molecular weight is 613 g/mol. The van der Waals surface area contributed by atoms with Crippen molar-refractivity contribution in [3.8, 4) is 12.1 Å². The minimum Gasteiger partial charge on any atom is -0.462 e. The number of ether oxygens (including phenoxy) is 1. The Morgan fingerprint density at radius 2 is 2.02 bits per heavy atom. The summed E-state index contributed by atoms with van der Waals surface area (Å²) in [7, 11) is 1.91. The van der Waals surface area contributed by atoms with E-state index in [1.807, 2.05) is 35.0 Å². The first-order valence-corrected chi connectivity index (χ1v) is 15.1. The van der Waals surface area contributed by atoms with Gasteiger partial charge in [-0.05, 0) is 56.3 Å². The summed E-state index contributed by atoms with van der Waals surface area (Å²) >= 11 is 6.51. The second-order valence-electron chi connectivity index (χ2n) is 12.1. The molecule has 5 atom stereocenters. The van der Waals surface area contributed by atoms with Crippen molar-refractivity contribution in [2.75, 3.05) is 44.7 Å². The molecule has 1 aromatic heterocycles. The van der Waals surface area contributed by atoms with Gasteiger partial charge < -0.3 is 19.6 Å². The molecule has 1 unspecified atom stereocenters. The highest BCUT2D eigenvalue weighted by atomic mass is 35.5. The van der Waals surface area contributed by atoms with Crippen molar-refractivity contribution in [1.29, 1.82) is 5.26 Å². The van der Waals surface area contributed by atoms with Crippen molar-refractivity contribution >= 4 is 23.3 Å². The highest BCUT2D eigenvalue weighted by Crippen LogP contribution is 2.56. The standard InChI is InChI=1S/C31H35ClF2N6O3/c1-18(33)29(42)40-15-14-39(16-19(40)8-12-35)28-21-7-11-31(10-6-20-22(31)4-3-5-23(20)32)27(34)26(21)36-30(37-28)43-17-24-25(41)9-13-38(24)2/h3-5,19,24-25,27,41H,1,6-11,13-17H2,2H3/t19-,24+,25-,27?,31+/m0/s1. The van der Waals surface area contributed by atoms with Gasteiger partial charge in [-0.3, -0.25) is 9.69 Å². The van der Waals surface area contributed by atoms with E-state index in [2.05, 4.69) is 17.6 Å². The lowest BCUT2D eigenvalue weighted by Crippen LogP contribution is -2.55. The number of likely N-dealkylation sites (tertiary alicyclic amines) is 1. The number of likely N-dealkylation sites (N-methyl/N-ethyl adjacent to an activating group) is 1. The van der Waals surface area contributed by atoms with Gasteiger partial charge in [0.2, 0.25) is 0 Å². The number of halogens is 3. The van der Waals surface area contributed by atoms with Crippen LogP contribution in [0.3, 0.4) is 0 Å². The molecular formula is C31H35ClF2N6O3. The predicted molar refractivity (Wildman–Crippen MR) is 156 cm³/mol. The van der Waals surface area contributed by atoms with Crippen molar-refractivity contribution < 1.29 is 23.4 Å². The summed E-state index contributed by atoms with van der Waals surface area (Å²) < 4.78 is 36.8. The molecule has 2 aliphatic heterocycles. The van der Waals surface area contributed by atoms with Gasteiger partial charge in [0.1, 0.15) is 12.4 Å². The Morgan fingerprint density at radius 1 is 1.26 bits per heavy atom. The summed E-state index contributed by atoms with van der Waals surface area (Å²) in [6.45, 7) is 4.66. The molecule has 1 spiro atoms. The fourth-order valence-corrected chi connectivity index (χ4v) is 7.67. The van der Waals surface area contributed by atoms with Gasteiger partial charge in [0.15, 0.2) is 12.0 Å². The molecule has 228 valence electrons. The number of aromatic nitrogens is 2. The molecular weight excluding hydrogens is 578 g/mol. The van der Waals surface area contributed by atoms with Crippen LogP contribution in [0.1, 0.15) is 54.2 Å². The number of alkyl halides is 1. The summed E-state index contributed by atoms with van der Waals surface area (Å²) in [5.74, 6) is -1.42. The number of nitriles is 1. The lowest BCUT2D eigenvalue weighted by atomic mass is 9.68. The van der Waals surface area contributed by atoms with E-state index in [0.29, 0.717) is 55.1 Å². The maximum absolute atomic E-state index is 17.0. The lowest BCUT2D eigenvalue weighted by molar-refractivity contribution is -0.131. The van der Waals surface area contributed by atoms with Crippen LogP contribution in [-0.4, -0.2) is 88.8 Å². The predicted octanol–water partition coefficient (Wildman–Crippen LogP) is 3.83. The molecule has 0 saturated carbocycles. The van der Waals surface area contributed by atoms with Crippen LogP contribution in [0.15, 0.2) is 30.6 Å². The van der Waals surface area contributed by atoms with Crippen molar-refractivity contribution in [1.82, 2.24) is 19.8 Å². The van der Waals surface area contributed by atoms with Crippen LogP contribution in [0.25, 0.3) is 0 Å². The molecule has 6 rings (SSSR count). The third-order valence-electron chi connectivity index (χ3n) is 9.79. The Morgan fingerprint density at radius 3 is 2.72 bits per heavy atom. The van der Waals surface area contributed by atoms with Gasteiger partial charge in [0, 0.05) is 42.2 Å². The minimum atomic E-state index is -1.44. The molecule has 2 aliphatic carbocycles. The van der Waals surface area contributed by atoms with E-state index in [0.717, 1.165) is 17.7 Å². The van der Waals surface area contributed by atoms with E-state index >= 15 is 4.39 Å². The number of amides is 1. The number of hydrogen-bond donors (Lipinski definition) is 1. The number of benzene rings is 1. The van der Waals surface area contributed by atoms with Crippen LogP contribution in [-0.2, 0) is 23.1 Å². The smallest absolute Gasteiger partial charge is 0.318 e. The molecule has 2 saturated heterocycles. The van der Waals surface area contributed by atoms with Crippen molar-refractivity contribution in [2.45, 2.75) is 68.3 Å². The van der Waals surface area contributed by atoms with Gasteiger partial charge >= 0.3 is 6.01 Å². The van der Waals surface area contributed by atoms with Crippen LogP contribution in [0.2, 0.25) is 5.02 Å². The number of aliphatic hydroxyl groups excluding tert-OH is 1. The maximum atomic E-state index is 17.0. The number of hydrogen-bond acceptors (Lipinski definition) is 8. The maximum Gasteiger partial charge on any atom is 0.318 e. The van der Waals surface area contributed by atoms with E-state index in [9.17, 15) is 19.6 Å². The van der Waals surface area contributed by atoms with Gasteiger partial charge in [-0.25, -0.2) is 8.78 Å². The van der Waals surface area contributed by atoms with E-state index in [1.165, 1.54) is 4.90 Å². The van der Waals surface area contributed by atoms with Gasteiger partial charge in [0.25, 0.3) is 5.91 Å². The lowest BCUT2D eigenvalue weighted by Gasteiger charge is -2.43. The van der Waals surface area contributed by atoms with E-state index in [1.54, 1.807) is 0 Å². The molecule has 12 heteroatoms. The van der Waals surface area contributed by atoms with Crippen LogP contribution in [0, 0.1) is 11.3 Å². The van der Waals surface area contributed by atoms with E-state index in [-0.39, 0.29) is 43.9 Å². The number of anilines is 1. The van der Waals surface area contributed by atoms with Crippen LogP contribution in [0.5, 0.6) is 6.01 Å². The fourth-order valence-electron chi connectivity index (χ4n) is 7.40.